The summed E-state index contributed by atoms with van der Waals surface area (Å²) in [5.41, 5.74) is 6.59. The number of hydrogen-bond acceptors (Lipinski definition) is 3. The largest absolute Gasteiger partial charge is 0.446 e. The number of ether oxygens (including phenoxy) is 1. The molecule has 0 saturated heterocycles. The minimum absolute atomic E-state index is 0.0394. The highest BCUT2D eigenvalue weighted by Crippen LogP contribution is 2.20. The quantitative estimate of drug-likeness (QED) is 0.826. The van der Waals surface area contributed by atoms with E-state index in [1.54, 1.807) is 0 Å². The maximum absolute atomic E-state index is 11.6. The van der Waals surface area contributed by atoms with E-state index >= 15 is 0 Å². The van der Waals surface area contributed by atoms with Gasteiger partial charge in [0.05, 0.1) is 0 Å². The van der Waals surface area contributed by atoms with Crippen molar-refractivity contribution in [2.24, 2.45) is 5.73 Å². The van der Waals surface area contributed by atoms with Gasteiger partial charge in [-0.1, -0.05) is 18.2 Å². The molecule has 1 amide bonds. The third-order valence-corrected chi connectivity index (χ3v) is 2.96. The second-order valence-corrected chi connectivity index (χ2v) is 4.45. The zero-order chi connectivity index (χ0) is 12.1. The third kappa shape index (κ3) is 3.75. The zero-order valence-electron chi connectivity index (χ0n) is 9.76. The Morgan fingerprint density at radius 1 is 1.29 bits per heavy atom. The molecular weight excluding hydrogens is 216 g/mol. The van der Waals surface area contributed by atoms with Gasteiger partial charge >= 0.3 is 6.09 Å². The number of carbonyl (C=O) groups is 1. The standard InChI is InChI=1S/C13H18N2O2/c14-10-5-4-8-12(9-10)17-13(16)15-11-6-2-1-3-7-11/h1-3,6-7,10,12H,4-5,8-9,14H2,(H,15,16). The van der Waals surface area contributed by atoms with Crippen molar-refractivity contribution in [2.75, 3.05) is 5.32 Å². The molecular formula is C13H18N2O2. The SMILES string of the molecule is NC1CCCC(OC(=O)Nc2ccccc2)C1. The van der Waals surface area contributed by atoms with E-state index in [1.807, 2.05) is 30.3 Å². The number of anilines is 1. The number of amides is 1. The highest BCUT2D eigenvalue weighted by molar-refractivity contribution is 5.84. The van der Waals surface area contributed by atoms with Gasteiger partial charge in [-0.2, -0.15) is 0 Å². The van der Waals surface area contributed by atoms with Gasteiger partial charge in [-0.3, -0.25) is 5.32 Å². The highest BCUT2D eigenvalue weighted by Gasteiger charge is 2.22. The molecule has 1 aliphatic carbocycles. The summed E-state index contributed by atoms with van der Waals surface area (Å²) in [5, 5.41) is 2.70. The van der Waals surface area contributed by atoms with Crippen LogP contribution in [-0.4, -0.2) is 18.2 Å². The summed E-state index contributed by atoms with van der Waals surface area (Å²) in [4.78, 5) is 11.6. The molecule has 0 bridgehead atoms. The fourth-order valence-electron chi connectivity index (χ4n) is 2.11. The summed E-state index contributed by atoms with van der Waals surface area (Å²) >= 11 is 0. The maximum atomic E-state index is 11.6. The van der Waals surface area contributed by atoms with Crippen LogP contribution >= 0.6 is 0 Å². The van der Waals surface area contributed by atoms with Crippen molar-refractivity contribution in [1.82, 2.24) is 0 Å². The number of carbonyl (C=O) groups excluding carboxylic acids is 1. The molecule has 3 N–H and O–H groups in total. The van der Waals surface area contributed by atoms with Gasteiger partial charge in [0.2, 0.25) is 0 Å². The molecule has 0 radical (unpaired) electrons. The van der Waals surface area contributed by atoms with Crippen LogP contribution in [-0.2, 0) is 4.74 Å². The fraction of sp³-hybridized carbons (Fsp3) is 0.462. The van der Waals surface area contributed by atoms with Gasteiger partial charge in [-0.25, -0.2) is 4.79 Å². The van der Waals surface area contributed by atoms with Gasteiger partial charge in [0, 0.05) is 11.7 Å². The lowest BCUT2D eigenvalue weighted by molar-refractivity contribution is 0.0811. The van der Waals surface area contributed by atoms with E-state index in [1.165, 1.54) is 0 Å². The highest BCUT2D eigenvalue weighted by atomic mass is 16.6. The average molecular weight is 234 g/mol. The lowest BCUT2D eigenvalue weighted by Crippen LogP contribution is -2.34. The van der Waals surface area contributed by atoms with Crippen molar-refractivity contribution in [1.29, 1.82) is 0 Å². The Hall–Kier alpha value is -1.55. The zero-order valence-corrected chi connectivity index (χ0v) is 9.76. The fourth-order valence-corrected chi connectivity index (χ4v) is 2.11. The molecule has 17 heavy (non-hydrogen) atoms. The minimum Gasteiger partial charge on any atom is -0.446 e. The molecule has 1 saturated carbocycles. The van der Waals surface area contributed by atoms with Gasteiger partial charge in [-0.15, -0.1) is 0 Å². The van der Waals surface area contributed by atoms with Crippen LogP contribution in [0.2, 0.25) is 0 Å². The molecule has 2 atom stereocenters. The molecule has 0 spiro atoms. The van der Waals surface area contributed by atoms with Crippen LogP contribution in [0.1, 0.15) is 25.7 Å². The van der Waals surface area contributed by atoms with Gasteiger partial charge < -0.3 is 10.5 Å². The molecule has 2 unspecified atom stereocenters. The summed E-state index contributed by atoms with van der Waals surface area (Å²) < 4.78 is 5.34. The molecule has 1 fully saturated rings. The number of nitrogens with two attached hydrogens (primary N) is 1. The third-order valence-electron chi connectivity index (χ3n) is 2.96. The lowest BCUT2D eigenvalue weighted by Gasteiger charge is -2.26. The molecule has 1 aromatic carbocycles. The minimum atomic E-state index is -0.393. The Morgan fingerprint density at radius 3 is 2.76 bits per heavy atom. The van der Waals surface area contributed by atoms with E-state index in [2.05, 4.69) is 5.32 Å². The van der Waals surface area contributed by atoms with Crippen molar-refractivity contribution in [2.45, 2.75) is 37.8 Å². The first-order chi connectivity index (χ1) is 8.24. The summed E-state index contributed by atoms with van der Waals surface area (Å²) in [6, 6.07) is 9.45. The molecule has 1 aromatic rings. The van der Waals surface area contributed by atoms with Crippen LogP contribution in [0.4, 0.5) is 10.5 Å². The number of hydrogen-bond donors (Lipinski definition) is 2. The molecule has 0 aliphatic heterocycles. The van der Waals surface area contributed by atoms with Gasteiger partial charge in [-0.05, 0) is 37.8 Å². The van der Waals surface area contributed by atoms with Crippen LogP contribution in [0.5, 0.6) is 0 Å². The number of para-hydroxylation sites is 1. The smallest absolute Gasteiger partial charge is 0.411 e. The first-order valence-electron chi connectivity index (χ1n) is 6.02. The van der Waals surface area contributed by atoms with E-state index < -0.39 is 6.09 Å². The molecule has 92 valence electrons. The summed E-state index contributed by atoms with van der Waals surface area (Å²) in [6.07, 6.45) is 3.31. The van der Waals surface area contributed by atoms with Crippen molar-refractivity contribution in [3.63, 3.8) is 0 Å². The Labute approximate surface area is 101 Å². The predicted octanol–water partition coefficient (Wildman–Crippen LogP) is 2.51. The van der Waals surface area contributed by atoms with E-state index in [0.29, 0.717) is 0 Å². The first kappa shape index (κ1) is 11.9. The predicted molar refractivity (Wildman–Crippen MR) is 66.8 cm³/mol. The first-order valence-corrected chi connectivity index (χ1v) is 6.02. The van der Waals surface area contributed by atoms with Crippen molar-refractivity contribution in [3.05, 3.63) is 30.3 Å². The summed E-state index contributed by atoms with van der Waals surface area (Å²) in [6.45, 7) is 0. The van der Waals surface area contributed by atoms with Crippen LogP contribution in [0.3, 0.4) is 0 Å². The molecule has 4 nitrogen and oxygen atoms in total. The molecule has 4 heteroatoms. The Morgan fingerprint density at radius 2 is 2.06 bits per heavy atom. The maximum Gasteiger partial charge on any atom is 0.411 e. The normalized spacial score (nSPS) is 24.1. The number of rotatable bonds is 2. The summed E-state index contributed by atoms with van der Waals surface area (Å²) in [5.74, 6) is 0. The van der Waals surface area contributed by atoms with Gasteiger partial charge in [0.15, 0.2) is 0 Å². The topological polar surface area (TPSA) is 64.3 Å². The molecule has 2 rings (SSSR count). The Balaban J connectivity index is 1.81. The summed E-state index contributed by atoms with van der Waals surface area (Å²) in [7, 11) is 0. The van der Waals surface area contributed by atoms with E-state index in [9.17, 15) is 4.79 Å². The molecule has 0 heterocycles. The Bertz CT molecular complexity index is 367. The van der Waals surface area contributed by atoms with Crippen LogP contribution in [0, 0.1) is 0 Å². The van der Waals surface area contributed by atoms with Gasteiger partial charge in [0.1, 0.15) is 6.10 Å². The number of benzene rings is 1. The average Bonchev–Trinajstić information content (AvgIpc) is 2.30. The van der Waals surface area contributed by atoms with Crippen LogP contribution in [0.15, 0.2) is 30.3 Å². The lowest BCUT2D eigenvalue weighted by atomic mass is 9.94. The van der Waals surface area contributed by atoms with E-state index in [-0.39, 0.29) is 12.1 Å². The monoisotopic (exact) mass is 234 g/mol. The van der Waals surface area contributed by atoms with Gasteiger partial charge in [0.25, 0.3) is 0 Å². The second-order valence-electron chi connectivity index (χ2n) is 4.45. The molecule has 0 aromatic heterocycles. The van der Waals surface area contributed by atoms with Crippen LogP contribution in [0.25, 0.3) is 0 Å². The van der Waals surface area contributed by atoms with Crippen molar-refractivity contribution >= 4 is 11.8 Å². The number of nitrogens with one attached hydrogen (secondary N) is 1. The van der Waals surface area contributed by atoms with Crippen LogP contribution < -0.4 is 11.1 Å². The van der Waals surface area contributed by atoms with Crippen molar-refractivity contribution in [3.8, 4) is 0 Å². The van der Waals surface area contributed by atoms with E-state index in [0.717, 1.165) is 31.4 Å². The second kappa shape index (κ2) is 5.68. The van der Waals surface area contributed by atoms with Crippen molar-refractivity contribution < 1.29 is 9.53 Å². The van der Waals surface area contributed by atoms with E-state index in [4.69, 9.17) is 10.5 Å². The molecule has 1 aliphatic rings. The Kier molecular flexibility index (Phi) is 3.98.